The normalized spacial score (nSPS) is 34.8. The van der Waals surface area contributed by atoms with E-state index in [1.54, 1.807) is 13.8 Å². The molecule has 1 heterocycles. The molecular weight excluding hydrogens is 665 g/mol. The molecule has 53 heavy (non-hydrogen) atoms. The van der Waals surface area contributed by atoms with E-state index in [1.165, 1.54) is 25.0 Å². The fourth-order valence-corrected chi connectivity index (χ4v) is 12.4. The van der Waals surface area contributed by atoms with Crippen LogP contribution in [0.4, 0.5) is 0 Å². The highest BCUT2D eigenvalue weighted by molar-refractivity contribution is 6.00. The number of carboxylic acids is 1. The number of aliphatic hydroxyl groups is 1. The number of esters is 1. The molecule has 9 atom stereocenters. The van der Waals surface area contributed by atoms with Gasteiger partial charge in [0.1, 0.15) is 6.10 Å². The second-order valence-corrected chi connectivity index (χ2v) is 20.5. The van der Waals surface area contributed by atoms with E-state index in [4.69, 9.17) is 4.74 Å². The first kappa shape index (κ1) is 42.4. The van der Waals surface area contributed by atoms with Crippen molar-refractivity contribution < 1.29 is 29.3 Å². The van der Waals surface area contributed by atoms with E-state index in [9.17, 15) is 24.6 Å². The van der Waals surface area contributed by atoms with Crippen LogP contribution in [0, 0.1) is 50.7 Å². The number of aliphatic carboxylic acids is 1. The molecule has 1 aliphatic heterocycles. The van der Waals surface area contributed by atoms with Gasteiger partial charge in [-0.15, -0.1) is 0 Å². The number of aliphatic hydroxyl groups excluding tert-OH is 1. The van der Waals surface area contributed by atoms with Gasteiger partial charge in [0.25, 0.3) is 0 Å². The summed E-state index contributed by atoms with van der Waals surface area (Å²) in [6.07, 6.45) is 13.2. The van der Waals surface area contributed by atoms with Gasteiger partial charge in [0, 0.05) is 29.8 Å². The molecule has 302 valence electrons. The Morgan fingerprint density at radius 1 is 1.04 bits per heavy atom. The summed E-state index contributed by atoms with van der Waals surface area (Å²) >= 11 is 0. The monoisotopic (exact) mass is 741 g/mol. The molecule has 0 aromatic rings. The minimum Gasteiger partial charge on any atom is -0.481 e. The zero-order chi connectivity index (χ0) is 39.1. The molecule has 8 nitrogen and oxygen atoms in total. The van der Waals surface area contributed by atoms with E-state index in [0.29, 0.717) is 36.8 Å². The number of hydrogen-bond donors (Lipinski definition) is 3. The number of carbonyl (C=O) groups excluding carboxylic acids is 2. The maximum atomic E-state index is 14.0. The summed E-state index contributed by atoms with van der Waals surface area (Å²) in [6, 6.07) is 0.620. The first-order chi connectivity index (χ1) is 24.7. The number of allylic oxidation sites excluding steroid dienone is 1. The SMILES string of the molecule is CCCC[C@H](OC(=O)CC(C)(C)C(=O)O)C(C)(C)[C@@H]1CC[C@]2(C)[C@H](CC[C@@H]3C4=C(C(C)C)C(=O)C[C@]4([C@H](O)CNCCC4CCCN4C)CC[C@]32C)C1. The molecule has 0 amide bonds. The average Bonchev–Trinajstić information content (AvgIpc) is 3.64. The number of rotatable bonds is 16. The molecule has 0 spiro atoms. The number of unbranched alkanes of at least 4 members (excludes halogenated alkanes) is 1. The van der Waals surface area contributed by atoms with Gasteiger partial charge in [-0.2, -0.15) is 0 Å². The van der Waals surface area contributed by atoms with E-state index < -0.39 is 28.9 Å². The quantitative estimate of drug-likeness (QED) is 0.107. The highest BCUT2D eigenvalue weighted by atomic mass is 16.5. The summed E-state index contributed by atoms with van der Waals surface area (Å²) < 4.78 is 6.24. The van der Waals surface area contributed by atoms with Gasteiger partial charge < -0.3 is 25.2 Å². The predicted molar refractivity (Wildman–Crippen MR) is 211 cm³/mol. The standard InChI is InChI=1S/C45H76N2O6/c1-11-12-15-36(53-37(50)27-41(4,5)40(51)52)42(6,7)30-18-20-43(8)31(25-30)16-17-33-39-38(29(2)3)34(48)26-45(39,22-21-44(33,43)9)35(49)28-46-23-19-32-14-13-24-47(32)10/h29-33,35-36,46,49H,11-28H2,1-10H3,(H,51,52)/t30-,31-,32?,33-,35-,36+,43-,44-,45+/m1/s1. The number of nitrogens with zero attached hydrogens (tertiary/aromatic N) is 1. The summed E-state index contributed by atoms with van der Waals surface area (Å²) in [7, 11) is 2.22. The van der Waals surface area contributed by atoms with E-state index in [2.05, 4.69) is 65.7 Å². The van der Waals surface area contributed by atoms with Gasteiger partial charge in [0.05, 0.1) is 17.9 Å². The smallest absolute Gasteiger partial charge is 0.309 e. The first-order valence-corrected chi connectivity index (χ1v) is 21.5. The zero-order valence-corrected chi connectivity index (χ0v) is 35.2. The summed E-state index contributed by atoms with van der Waals surface area (Å²) in [5.41, 5.74) is 0.617. The van der Waals surface area contributed by atoms with Crippen LogP contribution in [0.5, 0.6) is 0 Å². The lowest BCUT2D eigenvalue weighted by Crippen LogP contribution is -2.60. The third-order valence-corrected chi connectivity index (χ3v) is 16.4. The lowest BCUT2D eigenvalue weighted by Gasteiger charge is -2.67. The van der Waals surface area contributed by atoms with E-state index in [-0.39, 0.29) is 40.5 Å². The van der Waals surface area contributed by atoms with Crippen molar-refractivity contribution in [1.82, 2.24) is 10.2 Å². The van der Waals surface area contributed by atoms with E-state index in [1.807, 2.05) is 0 Å². The molecule has 1 unspecified atom stereocenters. The second-order valence-electron chi connectivity index (χ2n) is 20.5. The number of fused-ring (bicyclic) bond motifs is 5. The van der Waals surface area contributed by atoms with Gasteiger partial charge in [-0.3, -0.25) is 14.4 Å². The van der Waals surface area contributed by atoms with Crippen LogP contribution < -0.4 is 5.32 Å². The van der Waals surface area contributed by atoms with Crippen molar-refractivity contribution in [3.8, 4) is 0 Å². The highest BCUT2D eigenvalue weighted by Crippen LogP contribution is 2.73. The Kier molecular flexibility index (Phi) is 12.8. The molecule has 0 aromatic heterocycles. The molecule has 8 heteroatoms. The molecule has 1 saturated heterocycles. The summed E-state index contributed by atoms with van der Waals surface area (Å²) in [5, 5.41) is 25.4. The number of ketones is 1. The Morgan fingerprint density at radius 3 is 2.38 bits per heavy atom. The third-order valence-electron chi connectivity index (χ3n) is 16.4. The number of likely N-dealkylation sites (tertiary alicyclic amines) is 1. The predicted octanol–water partition coefficient (Wildman–Crippen LogP) is 8.59. The van der Waals surface area contributed by atoms with Gasteiger partial charge >= 0.3 is 11.9 Å². The first-order valence-electron chi connectivity index (χ1n) is 21.5. The van der Waals surface area contributed by atoms with Crippen LogP contribution in [0.3, 0.4) is 0 Å². The number of ether oxygens (including phenoxy) is 1. The minimum atomic E-state index is -1.16. The van der Waals surface area contributed by atoms with Crippen LogP contribution in [0.25, 0.3) is 0 Å². The maximum Gasteiger partial charge on any atom is 0.309 e. The van der Waals surface area contributed by atoms with Crippen molar-refractivity contribution in [2.75, 3.05) is 26.7 Å². The number of nitrogens with one attached hydrogen (secondary N) is 1. The van der Waals surface area contributed by atoms with Crippen LogP contribution in [-0.2, 0) is 19.1 Å². The molecular formula is C45H76N2O6. The van der Waals surface area contributed by atoms with Crippen molar-refractivity contribution >= 4 is 17.7 Å². The topological polar surface area (TPSA) is 116 Å². The Hall–Kier alpha value is -1.77. The number of carbonyl (C=O) groups is 3. The molecule has 4 aliphatic carbocycles. The maximum absolute atomic E-state index is 14.0. The van der Waals surface area contributed by atoms with Crippen LogP contribution in [0.1, 0.15) is 159 Å². The second kappa shape index (κ2) is 16.0. The summed E-state index contributed by atoms with van der Waals surface area (Å²) in [4.78, 5) is 41.4. The molecule has 4 fully saturated rings. The average molecular weight is 741 g/mol. The van der Waals surface area contributed by atoms with Crippen LogP contribution >= 0.6 is 0 Å². The van der Waals surface area contributed by atoms with Gasteiger partial charge in [-0.05, 0) is 145 Å². The summed E-state index contributed by atoms with van der Waals surface area (Å²) in [6.45, 7) is 21.9. The van der Waals surface area contributed by atoms with Gasteiger partial charge in [-0.25, -0.2) is 0 Å². The van der Waals surface area contributed by atoms with Crippen LogP contribution in [0.2, 0.25) is 0 Å². The lowest BCUT2D eigenvalue weighted by atomic mass is 9.38. The van der Waals surface area contributed by atoms with Crippen LogP contribution in [0.15, 0.2) is 11.1 Å². The highest BCUT2D eigenvalue weighted by Gasteiger charge is 2.66. The van der Waals surface area contributed by atoms with Crippen molar-refractivity contribution in [3.05, 3.63) is 11.1 Å². The Labute approximate surface area is 322 Å². The molecule has 5 rings (SSSR count). The lowest BCUT2D eigenvalue weighted by molar-refractivity contribution is -0.174. The zero-order valence-electron chi connectivity index (χ0n) is 35.2. The van der Waals surface area contributed by atoms with E-state index >= 15 is 0 Å². The van der Waals surface area contributed by atoms with E-state index in [0.717, 1.165) is 82.7 Å². The molecule has 3 saturated carbocycles. The number of carboxylic acid groups (broad SMARTS) is 1. The molecule has 0 bridgehead atoms. The van der Waals surface area contributed by atoms with Crippen LogP contribution in [-0.4, -0.2) is 77.8 Å². The Morgan fingerprint density at radius 2 is 1.75 bits per heavy atom. The van der Waals surface area contributed by atoms with Crippen molar-refractivity contribution in [2.24, 2.45) is 50.7 Å². The minimum absolute atomic E-state index is 0.0331. The Balaban J connectivity index is 1.34. The summed E-state index contributed by atoms with van der Waals surface area (Å²) in [5.74, 6) is 0.230. The Bertz CT molecular complexity index is 1390. The van der Waals surface area contributed by atoms with Gasteiger partial charge in [0.15, 0.2) is 5.78 Å². The third kappa shape index (κ3) is 7.82. The fourth-order valence-electron chi connectivity index (χ4n) is 12.4. The molecule has 5 aliphatic rings. The fraction of sp³-hybridized carbons (Fsp3) is 0.889. The molecule has 0 radical (unpaired) electrons. The van der Waals surface area contributed by atoms with Crippen molar-refractivity contribution in [1.29, 1.82) is 0 Å². The molecule has 3 N–H and O–H groups in total. The number of Topliss-reactive ketones (excluding diaryl/α,β-unsaturated/α-hetero) is 1. The number of hydrogen-bond acceptors (Lipinski definition) is 7. The van der Waals surface area contributed by atoms with Gasteiger partial charge in [-0.1, -0.05) is 66.9 Å². The van der Waals surface area contributed by atoms with Crippen molar-refractivity contribution in [3.63, 3.8) is 0 Å². The van der Waals surface area contributed by atoms with Gasteiger partial charge in [0.2, 0.25) is 0 Å². The molecule has 0 aromatic carbocycles. The largest absolute Gasteiger partial charge is 0.481 e. The van der Waals surface area contributed by atoms with Crippen molar-refractivity contribution in [2.45, 2.75) is 177 Å².